The lowest BCUT2D eigenvalue weighted by atomic mass is 9.86. The fraction of sp³-hybridized carbons (Fsp3) is 0.150. The number of hydrogen-bond donors (Lipinski definition) is 0. The third-order valence-corrected chi connectivity index (χ3v) is 9.31. The maximum atomic E-state index is 2.46. The van der Waals surface area contributed by atoms with Crippen LogP contribution in [0.25, 0.3) is 44.7 Å². The molecule has 40 heavy (non-hydrogen) atoms. The maximum absolute atomic E-state index is 2.46. The van der Waals surface area contributed by atoms with E-state index in [1.54, 1.807) is 0 Å². The maximum Gasteiger partial charge on any atom is 0.00620 e. The first kappa shape index (κ1) is 23.5. The molecular formula is C40H32. The molecule has 0 aliphatic heterocycles. The van der Waals surface area contributed by atoms with E-state index in [9.17, 15) is 0 Å². The highest BCUT2D eigenvalue weighted by Crippen LogP contribution is 2.51. The van der Waals surface area contributed by atoms with Crippen LogP contribution in [-0.4, -0.2) is 0 Å². The van der Waals surface area contributed by atoms with E-state index in [1.807, 2.05) is 0 Å². The van der Waals surface area contributed by atoms with Gasteiger partial charge in [0.15, 0.2) is 0 Å². The molecule has 0 N–H and O–H groups in total. The van der Waals surface area contributed by atoms with Gasteiger partial charge < -0.3 is 0 Å². The standard InChI is InChI=1S/C40H32/c1-3-32-38-23-30-22-37-31-19-27-14-7-8-16-33(27)25(2)11-9-15-28(20-31)36(37)21-29(30)24-39(38)35-18-10-17-34(40(32)35)26-12-5-4-6-13-26/h3-12,14-19,21-26H,13,20H2,1-2H3/b11-9-,28-15+,31-19+,32-3-. The summed E-state index contributed by atoms with van der Waals surface area (Å²) in [5.74, 6) is 0.817. The van der Waals surface area contributed by atoms with Gasteiger partial charge in [-0.1, -0.05) is 104 Å². The summed E-state index contributed by atoms with van der Waals surface area (Å²) >= 11 is 0. The van der Waals surface area contributed by atoms with Gasteiger partial charge in [-0.15, -0.1) is 0 Å². The SMILES string of the molecule is C/C=C1/c2cc3cc4c(cc3cc2-c2cccc(C3C=CC=CC3)c21)/C1=C/C=C\C(C)c2ccccc2/C=C/4C1. The largest absolute Gasteiger partial charge is 0.0836 e. The smallest absolute Gasteiger partial charge is 0.00620 e. The van der Waals surface area contributed by atoms with Crippen LogP contribution >= 0.6 is 0 Å². The van der Waals surface area contributed by atoms with E-state index in [2.05, 4.69) is 135 Å². The average molecular weight is 513 g/mol. The van der Waals surface area contributed by atoms with Crippen LogP contribution < -0.4 is 0 Å². The molecule has 0 aromatic heterocycles. The third-order valence-electron chi connectivity index (χ3n) is 9.31. The van der Waals surface area contributed by atoms with Gasteiger partial charge in [-0.3, -0.25) is 0 Å². The first-order valence-electron chi connectivity index (χ1n) is 14.6. The number of fused-ring (bicyclic) bond motifs is 10. The number of allylic oxidation sites excluding steroid dienone is 10. The Kier molecular flexibility index (Phi) is 5.32. The first-order valence-corrected chi connectivity index (χ1v) is 14.6. The first-order chi connectivity index (χ1) is 19.7. The summed E-state index contributed by atoms with van der Waals surface area (Å²) in [5, 5.41) is 2.65. The summed E-state index contributed by atoms with van der Waals surface area (Å²) < 4.78 is 0. The minimum absolute atomic E-state index is 0.386. The zero-order valence-electron chi connectivity index (χ0n) is 23.1. The van der Waals surface area contributed by atoms with Gasteiger partial charge >= 0.3 is 0 Å². The summed E-state index contributed by atoms with van der Waals surface area (Å²) in [4.78, 5) is 0. The van der Waals surface area contributed by atoms with Crippen LogP contribution in [0.2, 0.25) is 0 Å². The van der Waals surface area contributed by atoms with E-state index < -0.39 is 0 Å². The van der Waals surface area contributed by atoms with E-state index in [0.29, 0.717) is 11.8 Å². The van der Waals surface area contributed by atoms with Crippen LogP contribution in [-0.2, 0) is 0 Å². The molecule has 192 valence electrons. The zero-order chi connectivity index (χ0) is 26.8. The Morgan fingerprint density at radius 1 is 0.700 bits per heavy atom. The molecule has 0 radical (unpaired) electrons. The molecule has 0 saturated carbocycles. The Hall–Kier alpha value is -4.42. The molecule has 4 aromatic rings. The zero-order valence-corrected chi connectivity index (χ0v) is 23.1. The van der Waals surface area contributed by atoms with Gasteiger partial charge in [0.05, 0.1) is 0 Å². The lowest BCUT2D eigenvalue weighted by Gasteiger charge is -2.18. The molecule has 0 saturated heterocycles. The van der Waals surface area contributed by atoms with Crippen molar-refractivity contribution in [1.29, 1.82) is 0 Å². The molecule has 8 rings (SSSR count). The average Bonchev–Trinajstić information content (AvgIpc) is 3.48. The van der Waals surface area contributed by atoms with Gasteiger partial charge in [0.2, 0.25) is 0 Å². The Morgan fingerprint density at radius 3 is 2.30 bits per heavy atom. The Bertz CT molecular complexity index is 1910. The quantitative estimate of drug-likeness (QED) is 0.209. The molecule has 2 atom stereocenters. The van der Waals surface area contributed by atoms with E-state index in [1.165, 1.54) is 77.6 Å². The van der Waals surface area contributed by atoms with Crippen LogP contribution in [0, 0.1) is 0 Å². The molecule has 0 nitrogen and oxygen atoms in total. The molecule has 2 unspecified atom stereocenters. The number of rotatable bonds is 1. The summed E-state index contributed by atoms with van der Waals surface area (Å²) in [6.07, 6.45) is 22.8. The van der Waals surface area contributed by atoms with Crippen molar-refractivity contribution in [3.8, 4) is 11.1 Å². The molecule has 4 aromatic carbocycles. The molecule has 0 fully saturated rings. The van der Waals surface area contributed by atoms with Gasteiger partial charge in [-0.25, -0.2) is 0 Å². The highest BCUT2D eigenvalue weighted by molar-refractivity contribution is 6.09. The van der Waals surface area contributed by atoms with Crippen molar-refractivity contribution in [2.75, 3.05) is 0 Å². The number of hydrogen-bond acceptors (Lipinski definition) is 0. The van der Waals surface area contributed by atoms with E-state index in [-0.39, 0.29) is 0 Å². The van der Waals surface area contributed by atoms with Crippen molar-refractivity contribution in [1.82, 2.24) is 0 Å². The van der Waals surface area contributed by atoms with E-state index in [0.717, 1.165) is 12.8 Å². The van der Waals surface area contributed by atoms with E-state index in [4.69, 9.17) is 0 Å². The summed E-state index contributed by atoms with van der Waals surface area (Å²) in [6, 6.07) is 25.6. The van der Waals surface area contributed by atoms with Crippen LogP contribution in [0.15, 0.2) is 115 Å². The van der Waals surface area contributed by atoms with Crippen LogP contribution in [0.3, 0.4) is 0 Å². The Labute approximate surface area is 237 Å². The van der Waals surface area contributed by atoms with Crippen LogP contribution in [0.4, 0.5) is 0 Å². The van der Waals surface area contributed by atoms with Gasteiger partial charge in [-0.05, 0) is 128 Å². The predicted octanol–water partition coefficient (Wildman–Crippen LogP) is 10.9. The highest BCUT2D eigenvalue weighted by Gasteiger charge is 2.29. The lowest BCUT2D eigenvalue weighted by molar-refractivity contribution is 0.851. The minimum Gasteiger partial charge on any atom is -0.0836 e. The van der Waals surface area contributed by atoms with Gasteiger partial charge in [0.1, 0.15) is 0 Å². The Balaban J connectivity index is 1.32. The molecule has 0 heteroatoms. The topological polar surface area (TPSA) is 0 Å². The van der Waals surface area contributed by atoms with Crippen molar-refractivity contribution in [3.63, 3.8) is 0 Å². The van der Waals surface area contributed by atoms with Crippen molar-refractivity contribution in [2.45, 2.75) is 38.5 Å². The van der Waals surface area contributed by atoms with Crippen molar-refractivity contribution in [2.24, 2.45) is 0 Å². The van der Waals surface area contributed by atoms with Crippen molar-refractivity contribution >= 4 is 33.6 Å². The lowest BCUT2D eigenvalue weighted by Crippen LogP contribution is -2.00. The highest BCUT2D eigenvalue weighted by atomic mass is 14.3. The van der Waals surface area contributed by atoms with Gasteiger partial charge in [-0.2, -0.15) is 0 Å². The van der Waals surface area contributed by atoms with Gasteiger partial charge in [0.25, 0.3) is 0 Å². The van der Waals surface area contributed by atoms with Crippen molar-refractivity contribution < 1.29 is 0 Å². The Morgan fingerprint density at radius 2 is 1.48 bits per heavy atom. The minimum atomic E-state index is 0.386. The normalized spacial score (nSPS) is 24.5. The second kappa shape index (κ2) is 9.07. The van der Waals surface area contributed by atoms with Gasteiger partial charge in [0, 0.05) is 5.92 Å². The molecule has 4 aliphatic carbocycles. The molecule has 4 aliphatic rings. The van der Waals surface area contributed by atoms with Crippen molar-refractivity contribution in [3.05, 3.63) is 154 Å². The fourth-order valence-corrected chi connectivity index (χ4v) is 7.34. The van der Waals surface area contributed by atoms with E-state index >= 15 is 0 Å². The second-order valence-electron chi connectivity index (χ2n) is 11.6. The second-order valence-corrected chi connectivity index (χ2v) is 11.6. The molecule has 0 spiro atoms. The predicted molar refractivity (Wildman–Crippen MR) is 172 cm³/mol. The third kappa shape index (κ3) is 3.52. The summed E-state index contributed by atoms with van der Waals surface area (Å²) in [5.41, 5.74) is 16.7. The summed E-state index contributed by atoms with van der Waals surface area (Å²) in [6.45, 7) is 4.49. The molecule has 2 bridgehead atoms. The van der Waals surface area contributed by atoms with Crippen LogP contribution in [0.1, 0.15) is 77.5 Å². The summed E-state index contributed by atoms with van der Waals surface area (Å²) in [7, 11) is 0. The van der Waals surface area contributed by atoms with Crippen LogP contribution in [0.5, 0.6) is 0 Å². The fourth-order valence-electron chi connectivity index (χ4n) is 7.34. The number of benzene rings is 4. The molecular weight excluding hydrogens is 480 g/mol. The monoisotopic (exact) mass is 512 g/mol. The molecule has 0 amide bonds. The molecule has 0 heterocycles.